The first-order chi connectivity index (χ1) is 8.00. The van der Waals surface area contributed by atoms with Crippen LogP contribution in [0.4, 0.5) is 0 Å². The topological polar surface area (TPSA) is 46.3 Å². The van der Waals surface area contributed by atoms with Crippen molar-refractivity contribution in [3.05, 3.63) is 22.4 Å². The Hall–Kier alpha value is -0.940. The molecular weight excluding hydrogens is 252 g/mol. The second-order valence-corrected chi connectivity index (χ2v) is 5.81. The van der Waals surface area contributed by atoms with Crippen molar-refractivity contribution in [2.24, 2.45) is 11.7 Å². The Bertz CT molecular complexity index is 374. The quantitative estimate of drug-likeness (QED) is 0.808. The predicted molar refractivity (Wildman–Crippen MR) is 76.5 cm³/mol. The van der Waals surface area contributed by atoms with E-state index in [2.05, 4.69) is 13.8 Å². The van der Waals surface area contributed by atoms with Crippen LogP contribution in [0.5, 0.6) is 0 Å². The normalized spacial score (nSPS) is 10.5. The highest BCUT2D eigenvalue weighted by Crippen LogP contribution is 2.13. The molecule has 1 rings (SSSR count). The number of carbonyl (C=O) groups excluding carboxylic acids is 1. The van der Waals surface area contributed by atoms with Crippen LogP contribution in [0.25, 0.3) is 0 Å². The summed E-state index contributed by atoms with van der Waals surface area (Å²) in [5.74, 6) is 0.509. The lowest BCUT2D eigenvalue weighted by Gasteiger charge is -2.23. The van der Waals surface area contributed by atoms with Crippen molar-refractivity contribution in [1.82, 2.24) is 4.90 Å². The molecule has 94 valence electrons. The number of nitrogens with zero attached hydrogens (tertiary/aromatic N) is 1. The number of carbonyl (C=O) groups is 1. The van der Waals surface area contributed by atoms with Crippen molar-refractivity contribution in [3.8, 4) is 0 Å². The van der Waals surface area contributed by atoms with E-state index in [1.165, 1.54) is 11.3 Å². The molecule has 2 N–H and O–H groups in total. The zero-order valence-corrected chi connectivity index (χ0v) is 11.8. The highest BCUT2D eigenvalue weighted by Gasteiger charge is 2.17. The number of hydrogen-bond acceptors (Lipinski definition) is 3. The van der Waals surface area contributed by atoms with Gasteiger partial charge in [-0.1, -0.05) is 32.1 Å². The zero-order chi connectivity index (χ0) is 12.8. The Labute approximate surface area is 112 Å². The smallest absolute Gasteiger partial charge is 0.263 e. The van der Waals surface area contributed by atoms with E-state index < -0.39 is 0 Å². The molecule has 0 radical (unpaired) electrons. The van der Waals surface area contributed by atoms with Crippen LogP contribution in [0.3, 0.4) is 0 Å². The van der Waals surface area contributed by atoms with Crippen LogP contribution < -0.4 is 5.73 Å². The number of thiophene rings is 1. The van der Waals surface area contributed by atoms with E-state index >= 15 is 0 Å². The van der Waals surface area contributed by atoms with Gasteiger partial charge in [-0.15, -0.1) is 11.3 Å². The molecule has 5 heteroatoms. The lowest BCUT2D eigenvalue weighted by Crippen LogP contribution is -2.36. The molecule has 17 heavy (non-hydrogen) atoms. The Balaban J connectivity index is 2.68. The minimum Gasteiger partial charge on any atom is -0.393 e. The van der Waals surface area contributed by atoms with Crippen LogP contribution in [0.15, 0.2) is 17.5 Å². The number of thiocarbonyl (C=S) groups is 1. The maximum Gasteiger partial charge on any atom is 0.263 e. The first-order valence-corrected chi connectivity index (χ1v) is 6.90. The average molecular weight is 270 g/mol. The van der Waals surface area contributed by atoms with Crippen molar-refractivity contribution in [3.63, 3.8) is 0 Å². The van der Waals surface area contributed by atoms with Crippen LogP contribution >= 0.6 is 23.6 Å². The van der Waals surface area contributed by atoms with Crippen LogP contribution in [0, 0.1) is 5.92 Å². The van der Waals surface area contributed by atoms with Gasteiger partial charge in [-0.25, -0.2) is 0 Å². The van der Waals surface area contributed by atoms with E-state index in [9.17, 15) is 4.79 Å². The summed E-state index contributed by atoms with van der Waals surface area (Å²) in [6, 6.07) is 3.74. The molecule has 1 heterocycles. The van der Waals surface area contributed by atoms with Crippen molar-refractivity contribution in [2.45, 2.75) is 20.3 Å². The summed E-state index contributed by atoms with van der Waals surface area (Å²) in [7, 11) is 0. The van der Waals surface area contributed by atoms with E-state index in [1.54, 1.807) is 0 Å². The molecule has 0 saturated heterocycles. The molecule has 0 fully saturated rings. The first kappa shape index (κ1) is 14.1. The summed E-state index contributed by atoms with van der Waals surface area (Å²) in [6.45, 7) is 5.52. The summed E-state index contributed by atoms with van der Waals surface area (Å²) in [5, 5.41) is 1.91. The van der Waals surface area contributed by atoms with Crippen molar-refractivity contribution >= 4 is 34.5 Å². The monoisotopic (exact) mass is 270 g/mol. The lowest BCUT2D eigenvalue weighted by atomic mass is 10.2. The highest BCUT2D eigenvalue weighted by atomic mass is 32.1. The Kier molecular flexibility index (Phi) is 5.58. The van der Waals surface area contributed by atoms with E-state index in [-0.39, 0.29) is 5.91 Å². The minimum atomic E-state index is 0.0740. The molecule has 0 aromatic carbocycles. The standard InChI is InChI=1S/C12H18N2OS2/c1-9(2)8-14(6-5-11(13)16)12(15)10-4-3-7-17-10/h3-4,7,9H,5-6,8H2,1-2H3,(H2,13,16). The molecule has 0 saturated carbocycles. The molecule has 1 aromatic heterocycles. The van der Waals surface area contributed by atoms with Gasteiger partial charge >= 0.3 is 0 Å². The van der Waals surface area contributed by atoms with Gasteiger partial charge in [-0.2, -0.15) is 0 Å². The Morgan fingerprint density at radius 3 is 2.76 bits per heavy atom. The molecule has 1 aromatic rings. The Morgan fingerprint density at radius 2 is 2.29 bits per heavy atom. The fourth-order valence-corrected chi connectivity index (χ4v) is 2.30. The molecule has 0 aliphatic rings. The summed E-state index contributed by atoms with van der Waals surface area (Å²) < 4.78 is 0. The van der Waals surface area contributed by atoms with E-state index in [0.717, 1.165) is 11.4 Å². The molecule has 0 spiro atoms. The van der Waals surface area contributed by atoms with Crippen LogP contribution in [0.1, 0.15) is 29.9 Å². The predicted octanol–water partition coefficient (Wildman–Crippen LogP) is 2.52. The maximum atomic E-state index is 12.2. The van der Waals surface area contributed by atoms with Crippen molar-refractivity contribution < 1.29 is 4.79 Å². The third kappa shape index (κ3) is 4.83. The fraction of sp³-hybridized carbons (Fsp3) is 0.500. The van der Waals surface area contributed by atoms with Gasteiger partial charge in [0, 0.05) is 19.5 Å². The largest absolute Gasteiger partial charge is 0.393 e. The van der Waals surface area contributed by atoms with E-state index in [4.69, 9.17) is 18.0 Å². The van der Waals surface area contributed by atoms with Crippen LogP contribution in [-0.4, -0.2) is 28.9 Å². The minimum absolute atomic E-state index is 0.0740. The van der Waals surface area contributed by atoms with Gasteiger partial charge in [0.1, 0.15) is 0 Å². The molecule has 0 bridgehead atoms. The second kappa shape index (κ2) is 6.71. The van der Waals surface area contributed by atoms with E-state index in [0.29, 0.717) is 23.9 Å². The molecule has 0 aliphatic carbocycles. The maximum absolute atomic E-state index is 12.2. The number of rotatable bonds is 6. The van der Waals surface area contributed by atoms with Gasteiger partial charge in [0.2, 0.25) is 0 Å². The summed E-state index contributed by atoms with van der Waals surface area (Å²) >= 11 is 6.32. The van der Waals surface area contributed by atoms with Gasteiger partial charge in [0.15, 0.2) is 0 Å². The number of nitrogens with two attached hydrogens (primary N) is 1. The van der Waals surface area contributed by atoms with Gasteiger partial charge in [-0.3, -0.25) is 4.79 Å². The zero-order valence-electron chi connectivity index (χ0n) is 10.2. The summed E-state index contributed by atoms with van der Waals surface area (Å²) in [5.41, 5.74) is 5.49. The molecule has 0 aliphatic heterocycles. The van der Waals surface area contributed by atoms with Crippen LogP contribution in [-0.2, 0) is 0 Å². The molecule has 0 unspecified atom stereocenters. The second-order valence-electron chi connectivity index (χ2n) is 4.34. The molecule has 3 nitrogen and oxygen atoms in total. The highest BCUT2D eigenvalue weighted by molar-refractivity contribution is 7.80. The third-order valence-corrected chi connectivity index (χ3v) is 3.29. The lowest BCUT2D eigenvalue weighted by molar-refractivity contribution is 0.0746. The van der Waals surface area contributed by atoms with Crippen molar-refractivity contribution in [1.29, 1.82) is 0 Å². The molecule has 1 amide bonds. The SMILES string of the molecule is CC(C)CN(CCC(N)=S)C(=O)c1cccs1. The van der Waals surface area contributed by atoms with Gasteiger partial charge < -0.3 is 10.6 Å². The summed E-state index contributed by atoms with van der Waals surface area (Å²) in [6.07, 6.45) is 0.583. The summed E-state index contributed by atoms with van der Waals surface area (Å²) in [4.78, 5) is 15.3. The van der Waals surface area contributed by atoms with Gasteiger partial charge in [-0.05, 0) is 17.4 Å². The fourth-order valence-electron chi connectivity index (χ4n) is 1.52. The number of hydrogen-bond donors (Lipinski definition) is 1. The van der Waals surface area contributed by atoms with Gasteiger partial charge in [0.25, 0.3) is 5.91 Å². The average Bonchev–Trinajstić information content (AvgIpc) is 2.75. The van der Waals surface area contributed by atoms with Crippen molar-refractivity contribution in [2.75, 3.05) is 13.1 Å². The number of amides is 1. The van der Waals surface area contributed by atoms with E-state index in [1.807, 2.05) is 22.4 Å². The van der Waals surface area contributed by atoms with Gasteiger partial charge in [0.05, 0.1) is 9.87 Å². The molecular formula is C12H18N2OS2. The van der Waals surface area contributed by atoms with Crippen LogP contribution in [0.2, 0.25) is 0 Å². The third-order valence-electron chi connectivity index (χ3n) is 2.23. The molecule has 0 atom stereocenters. The first-order valence-electron chi connectivity index (χ1n) is 5.61. The Morgan fingerprint density at radius 1 is 1.59 bits per heavy atom.